The van der Waals surface area contributed by atoms with Crippen LogP contribution in [-0.2, 0) is 4.79 Å². The van der Waals surface area contributed by atoms with Crippen LogP contribution in [0.3, 0.4) is 0 Å². The van der Waals surface area contributed by atoms with E-state index in [-0.39, 0.29) is 35.2 Å². The summed E-state index contributed by atoms with van der Waals surface area (Å²) in [5, 5.41) is 4.40. The van der Waals surface area contributed by atoms with Crippen LogP contribution in [0.5, 0.6) is 0 Å². The number of nitrogens with one attached hydrogen (secondary N) is 3. The third-order valence-corrected chi connectivity index (χ3v) is 6.75. The highest BCUT2D eigenvalue weighted by Crippen LogP contribution is 2.51. The van der Waals surface area contributed by atoms with Crippen LogP contribution >= 0.6 is 11.6 Å². The summed E-state index contributed by atoms with van der Waals surface area (Å²) in [5.74, 6) is 0.490. The average Bonchev–Trinajstić information content (AvgIpc) is 3.10. The van der Waals surface area contributed by atoms with Gasteiger partial charge < -0.3 is 5.32 Å². The third-order valence-electron chi connectivity index (χ3n) is 6.50. The minimum Gasteiger partial charge on any atom is -0.371 e. The SMILES string of the molecule is CC1(C)CC(=O)C2=C(C1)NC1NNC(c3ccc(Cl)cc3)C1C2c1ccccc1. The molecule has 5 heteroatoms. The molecular formula is C24H26ClN3O. The number of hydrazine groups is 1. The monoisotopic (exact) mass is 407 g/mol. The number of fused-ring (bicyclic) bond motifs is 1. The molecule has 1 fully saturated rings. The van der Waals surface area contributed by atoms with E-state index in [4.69, 9.17) is 11.6 Å². The van der Waals surface area contributed by atoms with E-state index in [0.717, 1.165) is 22.7 Å². The lowest BCUT2D eigenvalue weighted by molar-refractivity contribution is -0.118. The van der Waals surface area contributed by atoms with Crippen molar-refractivity contribution in [1.82, 2.24) is 16.2 Å². The maximum Gasteiger partial charge on any atom is 0.161 e. The fraction of sp³-hybridized carbons (Fsp3) is 0.375. The Balaban J connectivity index is 1.63. The van der Waals surface area contributed by atoms with Gasteiger partial charge in [0.15, 0.2) is 5.78 Å². The molecule has 1 aliphatic carbocycles. The zero-order valence-corrected chi connectivity index (χ0v) is 17.5. The van der Waals surface area contributed by atoms with Crippen molar-refractivity contribution < 1.29 is 4.79 Å². The first-order valence-corrected chi connectivity index (χ1v) is 10.6. The maximum atomic E-state index is 13.3. The molecule has 5 rings (SSSR count). The van der Waals surface area contributed by atoms with Gasteiger partial charge in [0.25, 0.3) is 0 Å². The Kier molecular flexibility index (Phi) is 4.54. The van der Waals surface area contributed by atoms with Crippen LogP contribution in [0.15, 0.2) is 65.9 Å². The first-order chi connectivity index (χ1) is 13.9. The fourth-order valence-electron chi connectivity index (χ4n) is 5.31. The van der Waals surface area contributed by atoms with E-state index < -0.39 is 0 Å². The predicted octanol–water partition coefficient (Wildman–Crippen LogP) is 4.46. The molecule has 3 aliphatic rings. The molecule has 29 heavy (non-hydrogen) atoms. The van der Waals surface area contributed by atoms with Crippen LogP contribution in [-0.4, -0.2) is 11.9 Å². The van der Waals surface area contributed by atoms with Gasteiger partial charge in [-0.15, -0.1) is 0 Å². The maximum absolute atomic E-state index is 13.3. The molecule has 0 spiro atoms. The van der Waals surface area contributed by atoms with Crippen LogP contribution in [0.4, 0.5) is 0 Å². The van der Waals surface area contributed by atoms with Gasteiger partial charge in [-0.1, -0.05) is 67.9 Å². The largest absolute Gasteiger partial charge is 0.371 e. The first kappa shape index (κ1) is 18.9. The Morgan fingerprint density at radius 3 is 2.38 bits per heavy atom. The number of ketones is 1. The Hall–Kier alpha value is -2.14. The van der Waals surface area contributed by atoms with Gasteiger partial charge in [0.2, 0.25) is 0 Å². The van der Waals surface area contributed by atoms with Crippen molar-refractivity contribution in [2.45, 2.75) is 44.8 Å². The van der Waals surface area contributed by atoms with Gasteiger partial charge in [-0.2, -0.15) is 0 Å². The van der Waals surface area contributed by atoms with E-state index in [1.165, 1.54) is 11.1 Å². The van der Waals surface area contributed by atoms with Gasteiger partial charge in [-0.3, -0.25) is 4.79 Å². The molecule has 4 atom stereocenters. The zero-order valence-electron chi connectivity index (χ0n) is 16.7. The smallest absolute Gasteiger partial charge is 0.161 e. The Morgan fingerprint density at radius 2 is 1.66 bits per heavy atom. The van der Waals surface area contributed by atoms with Crippen LogP contribution in [0.2, 0.25) is 5.02 Å². The standard InChI is InChI=1S/C24H26ClN3O/c1-24(2)12-17-20(18(29)13-24)19(14-6-4-3-5-7-14)21-22(27-28-23(21)26-17)15-8-10-16(25)11-9-15/h3-11,19,21-23,26-28H,12-13H2,1-2H3. The molecule has 0 amide bonds. The summed E-state index contributed by atoms with van der Waals surface area (Å²) < 4.78 is 0. The molecule has 1 saturated heterocycles. The molecule has 0 bridgehead atoms. The lowest BCUT2D eigenvalue weighted by Crippen LogP contribution is -2.51. The number of hydrogen-bond donors (Lipinski definition) is 3. The van der Waals surface area contributed by atoms with Crippen LogP contribution < -0.4 is 16.2 Å². The lowest BCUT2D eigenvalue weighted by Gasteiger charge is -2.44. The highest BCUT2D eigenvalue weighted by atomic mass is 35.5. The molecule has 4 nitrogen and oxygen atoms in total. The topological polar surface area (TPSA) is 53.2 Å². The fourth-order valence-corrected chi connectivity index (χ4v) is 5.44. The minimum absolute atomic E-state index is 0.0153. The molecule has 0 radical (unpaired) electrons. The summed E-state index contributed by atoms with van der Waals surface area (Å²) in [5.41, 5.74) is 11.4. The van der Waals surface area contributed by atoms with E-state index in [0.29, 0.717) is 6.42 Å². The van der Waals surface area contributed by atoms with Crippen molar-refractivity contribution in [3.8, 4) is 0 Å². The van der Waals surface area contributed by atoms with E-state index in [9.17, 15) is 4.79 Å². The average molecular weight is 408 g/mol. The van der Waals surface area contributed by atoms with Crippen molar-refractivity contribution in [1.29, 1.82) is 0 Å². The number of carbonyl (C=O) groups excluding carboxylic acids is 1. The van der Waals surface area contributed by atoms with E-state index in [1.54, 1.807) is 0 Å². The Morgan fingerprint density at radius 1 is 0.931 bits per heavy atom. The van der Waals surface area contributed by atoms with Gasteiger partial charge in [0.1, 0.15) is 0 Å². The van der Waals surface area contributed by atoms with Gasteiger partial charge in [0.05, 0.1) is 12.2 Å². The van der Waals surface area contributed by atoms with Gasteiger partial charge in [-0.05, 0) is 35.1 Å². The molecular weight excluding hydrogens is 382 g/mol. The number of allylic oxidation sites excluding steroid dienone is 2. The van der Waals surface area contributed by atoms with Gasteiger partial charge >= 0.3 is 0 Å². The van der Waals surface area contributed by atoms with E-state index >= 15 is 0 Å². The van der Waals surface area contributed by atoms with E-state index in [2.05, 4.69) is 66.4 Å². The second-order valence-electron chi connectivity index (χ2n) is 9.24. The summed E-state index contributed by atoms with van der Waals surface area (Å²) in [6.45, 7) is 4.35. The number of carbonyl (C=O) groups is 1. The van der Waals surface area contributed by atoms with Crippen LogP contribution in [0.1, 0.15) is 49.8 Å². The van der Waals surface area contributed by atoms with Crippen molar-refractivity contribution >= 4 is 17.4 Å². The van der Waals surface area contributed by atoms with E-state index in [1.807, 2.05) is 18.2 Å². The summed E-state index contributed by atoms with van der Waals surface area (Å²) in [6, 6.07) is 18.6. The molecule has 150 valence electrons. The highest BCUT2D eigenvalue weighted by Gasteiger charge is 2.51. The molecule has 4 unspecified atom stereocenters. The van der Waals surface area contributed by atoms with Crippen molar-refractivity contribution in [3.63, 3.8) is 0 Å². The Bertz CT molecular complexity index is 967. The normalized spacial score (nSPS) is 30.5. The van der Waals surface area contributed by atoms with Gasteiger partial charge in [0, 0.05) is 34.5 Å². The molecule has 2 aromatic carbocycles. The molecule has 2 heterocycles. The third kappa shape index (κ3) is 3.29. The van der Waals surface area contributed by atoms with Crippen molar-refractivity contribution in [3.05, 3.63) is 82.0 Å². The summed E-state index contributed by atoms with van der Waals surface area (Å²) in [4.78, 5) is 13.3. The second-order valence-corrected chi connectivity index (χ2v) is 9.68. The summed E-state index contributed by atoms with van der Waals surface area (Å²) in [7, 11) is 0. The number of rotatable bonds is 2. The lowest BCUT2D eigenvalue weighted by atomic mass is 9.65. The molecule has 2 aliphatic heterocycles. The Labute approximate surface area is 176 Å². The molecule has 3 N–H and O–H groups in total. The number of benzene rings is 2. The number of halogens is 1. The second kappa shape index (κ2) is 6.98. The molecule has 0 aromatic heterocycles. The van der Waals surface area contributed by atoms with Crippen LogP contribution in [0, 0.1) is 11.3 Å². The number of Topliss-reactive ketones (excluding diaryl/α,β-unsaturated/α-hetero) is 1. The minimum atomic E-state index is -0.0153. The summed E-state index contributed by atoms with van der Waals surface area (Å²) >= 11 is 6.12. The van der Waals surface area contributed by atoms with Crippen LogP contribution in [0.25, 0.3) is 0 Å². The highest BCUT2D eigenvalue weighted by molar-refractivity contribution is 6.30. The van der Waals surface area contributed by atoms with Crippen molar-refractivity contribution in [2.24, 2.45) is 11.3 Å². The quantitative estimate of drug-likeness (QED) is 0.687. The zero-order chi connectivity index (χ0) is 20.2. The molecule has 0 saturated carbocycles. The first-order valence-electron chi connectivity index (χ1n) is 10.3. The van der Waals surface area contributed by atoms with Crippen molar-refractivity contribution in [2.75, 3.05) is 0 Å². The molecule has 2 aromatic rings. The van der Waals surface area contributed by atoms with Gasteiger partial charge in [-0.25, -0.2) is 10.9 Å². The predicted molar refractivity (Wildman–Crippen MR) is 115 cm³/mol. The number of hydrogen-bond acceptors (Lipinski definition) is 4. The summed E-state index contributed by atoms with van der Waals surface area (Å²) in [6.07, 6.45) is 1.55.